The van der Waals surface area contributed by atoms with Crippen LogP contribution >= 0.6 is 0 Å². The van der Waals surface area contributed by atoms with E-state index >= 15 is 0 Å². The second-order valence-electron chi connectivity index (χ2n) is 6.97. The summed E-state index contributed by atoms with van der Waals surface area (Å²) in [6.45, 7) is 0. The van der Waals surface area contributed by atoms with Gasteiger partial charge in [0, 0.05) is 22.9 Å². The van der Waals surface area contributed by atoms with Crippen molar-refractivity contribution in [3.05, 3.63) is 71.4 Å². The Labute approximate surface area is 178 Å². The molecule has 1 unspecified atom stereocenters. The topological polar surface area (TPSA) is 113 Å². The average molecular weight is 440 g/mol. The molecule has 160 valence electrons. The predicted molar refractivity (Wildman–Crippen MR) is 115 cm³/mol. The predicted octanol–water partition coefficient (Wildman–Crippen LogP) is 2.78. The molecule has 31 heavy (non-hydrogen) atoms. The van der Waals surface area contributed by atoms with Crippen molar-refractivity contribution in [2.75, 3.05) is 14.2 Å². The largest absolute Gasteiger partial charge is 0.595 e. The first-order chi connectivity index (χ1) is 14.8. The summed E-state index contributed by atoms with van der Waals surface area (Å²) in [7, 11) is -0.827. The smallest absolute Gasteiger partial charge is 0.183 e. The van der Waals surface area contributed by atoms with Gasteiger partial charge >= 0.3 is 0 Å². The number of nitrogens with one attached hydrogen (secondary N) is 1. The van der Waals surface area contributed by atoms with Crippen LogP contribution in [-0.2, 0) is 15.6 Å². The summed E-state index contributed by atoms with van der Waals surface area (Å²) >= 11 is 0. The van der Waals surface area contributed by atoms with E-state index in [-0.39, 0.29) is 16.3 Å². The van der Waals surface area contributed by atoms with E-state index in [1.807, 2.05) is 0 Å². The van der Waals surface area contributed by atoms with E-state index < -0.39 is 15.1 Å². The highest BCUT2D eigenvalue weighted by molar-refractivity contribution is 7.91. The highest BCUT2D eigenvalue weighted by Gasteiger charge is 2.24. The molecule has 0 aliphatic heterocycles. The van der Waals surface area contributed by atoms with E-state index in [0.717, 1.165) is 0 Å². The number of rotatable bonds is 6. The van der Waals surface area contributed by atoms with Gasteiger partial charge in [0.15, 0.2) is 15.5 Å². The zero-order valence-electron chi connectivity index (χ0n) is 16.8. The van der Waals surface area contributed by atoms with Gasteiger partial charge in [-0.3, -0.25) is 0 Å². The van der Waals surface area contributed by atoms with Gasteiger partial charge in [-0.05, 0) is 42.0 Å². The molecule has 3 aromatic carbocycles. The molecule has 0 aliphatic carbocycles. The second kappa shape index (κ2) is 8.12. The number of hydrogen-bond acceptors (Lipinski definition) is 7. The van der Waals surface area contributed by atoms with E-state index in [1.54, 1.807) is 36.4 Å². The van der Waals surface area contributed by atoms with E-state index in [0.29, 0.717) is 38.9 Å². The Morgan fingerprint density at radius 2 is 1.42 bits per heavy atom. The van der Waals surface area contributed by atoms with Crippen LogP contribution in [-0.4, -0.2) is 32.8 Å². The second-order valence-corrected chi connectivity index (χ2v) is 8.89. The van der Waals surface area contributed by atoms with Gasteiger partial charge in [-0.15, -0.1) is 0 Å². The summed E-state index contributed by atoms with van der Waals surface area (Å²) in [4.78, 5) is 4.73. The third-order valence-electron chi connectivity index (χ3n) is 5.01. The molecular weight excluding hydrogens is 420 g/mol. The van der Waals surface area contributed by atoms with Crippen LogP contribution < -0.4 is 14.7 Å². The van der Waals surface area contributed by atoms with Gasteiger partial charge in [-0.2, -0.15) is 5.23 Å². The van der Waals surface area contributed by atoms with Crippen LogP contribution in [0.3, 0.4) is 0 Å². The van der Waals surface area contributed by atoms with E-state index in [9.17, 15) is 13.6 Å². The van der Waals surface area contributed by atoms with Gasteiger partial charge in [0.05, 0.1) is 35.9 Å². The number of quaternary nitrogens is 1. The summed E-state index contributed by atoms with van der Waals surface area (Å²) in [5, 5.41) is 20.0. The fourth-order valence-electron chi connectivity index (χ4n) is 3.49. The van der Waals surface area contributed by atoms with Crippen molar-refractivity contribution in [1.82, 2.24) is 4.98 Å². The number of sulfone groups is 1. The summed E-state index contributed by atoms with van der Waals surface area (Å²) in [5.41, 5.74) is 1.63. The molecule has 2 N–H and O–H groups in total. The number of methoxy groups -OCH3 is 2. The van der Waals surface area contributed by atoms with E-state index in [4.69, 9.17) is 14.7 Å². The number of hydrogen-bond donors (Lipinski definition) is 2. The average Bonchev–Trinajstić information content (AvgIpc) is 2.76. The lowest BCUT2D eigenvalue weighted by atomic mass is 10.1. The van der Waals surface area contributed by atoms with Gasteiger partial charge in [-0.25, -0.2) is 18.6 Å². The number of nitrogens with zero attached hydrogens (tertiary/aromatic N) is 1. The fraction of sp³-hybridized carbons (Fsp3) is 0.136. The molecule has 1 atom stereocenters. The van der Waals surface area contributed by atoms with Crippen molar-refractivity contribution in [3.63, 3.8) is 0 Å². The molecule has 9 heteroatoms. The number of aromatic nitrogens is 1. The minimum atomic E-state index is -3.85. The van der Waals surface area contributed by atoms with Crippen molar-refractivity contribution >= 4 is 37.3 Å². The zero-order valence-corrected chi connectivity index (χ0v) is 17.6. The van der Waals surface area contributed by atoms with Crippen LogP contribution in [0.25, 0.3) is 21.8 Å². The van der Waals surface area contributed by atoms with Crippen LogP contribution in [0.2, 0.25) is 0 Å². The molecular formula is C22H20N2O6S. The first-order valence-corrected chi connectivity index (χ1v) is 11.0. The third kappa shape index (κ3) is 4.04. The normalized spacial score (nSPS) is 12.8. The summed E-state index contributed by atoms with van der Waals surface area (Å²) in [6, 6.07) is 16.0. The molecule has 0 bridgehead atoms. The summed E-state index contributed by atoms with van der Waals surface area (Å²) in [6.07, 6.45) is 0. The van der Waals surface area contributed by atoms with Crippen LogP contribution in [0.15, 0.2) is 65.6 Å². The Balaban J connectivity index is 1.95. The van der Waals surface area contributed by atoms with Crippen LogP contribution in [0, 0.1) is 5.21 Å². The number of ether oxygens (including phenoxy) is 2. The Bertz CT molecular complexity index is 1310. The molecule has 1 heterocycles. The van der Waals surface area contributed by atoms with Crippen molar-refractivity contribution in [2.45, 2.75) is 10.6 Å². The summed E-state index contributed by atoms with van der Waals surface area (Å²) < 4.78 is 37.8. The Morgan fingerprint density at radius 1 is 0.903 bits per heavy atom. The standard InChI is InChI=1S/C22H20N2O6S/c1-29-16-7-9-20-18(11-16)22(19-12-17(30-2)8-10-21(19)23-20)31(27,28)13-14-3-5-15(6-4-14)24(25)26/h3-12,24-25H,13H2,1-2H3. The lowest BCUT2D eigenvalue weighted by molar-refractivity contribution is -0.991. The number of benzene rings is 3. The van der Waals surface area contributed by atoms with Crippen molar-refractivity contribution < 1.29 is 28.3 Å². The minimum absolute atomic E-state index is 0.0930. The fourth-order valence-corrected chi connectivity index (χ4v) is 5.26. The molecule has 1 aromatic heterocycles. The van der Waals surface area contributed by atoms with E-state index in [2.05, 4.69) is 4.98 Å². The molecule has 8 nitrogen and oxygen atoms in total. The Kier molecular flexibility index (Phi) is 5.50. The van der Waals surface area contributed by atoms with Gasteiger partial charge < -0.3 is 14.7 Å². The van der Waals surface area contributed by atoms with Gasteiger partial charge in [0.2, 0.25) is 0 Å². The number of pyridine rings is 1. The van der Waals surface area contributed by atoms with Crippen molar-refractivity contribution in [2.24, 2.45) is 0 Å². The molecule has 4 aromatic rings. The monoisotopic (exact) mass is 440 g/mol. The SMILES string of the molecule is COc1ccc2nc3ccc(OC)cc3c(S(=O)(=O)Cc3ccc([NH+]([O-])O)cc3)c2c1. The van der Waals surface area contributed by atoms with Crippen molar-refractivity contribution in [1.29, 1.82) is 0 Å². The molecule has 0 radical (unpaired) electrons. The third-order valence-corrected chi connectivity index (χ3v) is 6.78. The van der Waals surface area contributed by atoms with Crippen LogP contribution in [0.5, 0.6) is 11.5 Å². The molecule has 0 saturated carbocycles. The van der Waals surface area contributed by atoms with Crippen molar-refractivity contribution in [3.8, 4) is 11.5 Å². The summed E-state index contributed by atoms with van der Waals surface area (Å²) in [5.74, 6) is 0.729. The maximum absolute atomic E-state index is 13.6. The first kappa shape index (κ1) is 21.0. The van der Waals surface area contributed by atoms with Gasteiger partial charge in [0.1, 0.15) is 11.5 Å². The lowest BCUT2D eigenvalue weighted by Gasteiger charge is -2.14. The molecule has 0 spiro atoms. The maximum Gasteiger partial charge on any atom is 0.183 e. The quantitative estimate of drug-likeness (QED) is 0.350. The Hall–Kier alpha value is -3.24. The van der Waals surface area contributed by atoms with Crippen LogP contribution in [0.1, 0.15) is 5.56 Å². The molecule has 4 rings (SSSR count). The van der Waals surface area contributed by atoms with E-state index in [1.165, 1.54) is 38.5 Å². The molecule has 0 fully saturated rings. The lowest BCUT2D eigenvalue weighted by Crippen LogP contribution is -2.99. The number of fused-ring (bicyclic) bond motifs is 2. The maximum atomic E-state index is 13.6. The minimum Gasteiger partial charge on any atom is -0.595 e. The highest BCUT2D eigenvalue weighted by Crippen LogP contribution is 2.35. The highest BCUT2D eigenvalue weighted by atomic mass is 32.2. The van der Waals surface area contributed by atoms with Gasteiger partial charge in [0.25, 0.3) is 0 Å². The van der Waals surface area contributed by atoms with Gasteiger partial charge in [-0.1, -0.05) is 12.1 Å². The Morgan fingerprint density at radius 3 is 1.87 bits per heavy atom. The van der Waals surface area contributed by atoms with Crippen LogP contribution in [0.4, 0.5) is 5.69 Å². The molecule has 0 amide bonds. The first-order valence-electron chi connectivity index (χ1n) is 9.33. The molecule has 0 aliphatic rings. The molecule has 0 saturated heterocycles. The zero-order chi connectivity index (χ0) is 22.2.